The Kier molecular flexibility index (Phi) is 6.52. The fourth-order valence-electron chi connectivity index (χ4n) is 3.39. The normalized spacial score (nSPS) is 16.2. The topological polar surface area (TPSA) is 57.7 Å². The number of rotatable bonds is 5. The van der Waals surface area contributed by atoms with Crippen LogP contribution in [0.25, 0.3) is 0 Å². The summed E-state index contributed by atoms with van der Waals surface area (Å²) in [5.41, 5.74) is 1.21. The van der Waals surface area contributed by atoms with Crippen LogP contribution in [0.3, 0.4) is 0 Å². The Morgan fingerprint density at radius 3 is 2.54 bits per heavy atom. The van der Waals surface area contributed by atoms with Gasteiger partial charge in [-0.05, 0) is 55.7 Å². The number of thiophene rings is 1. The Morgan fingerprint density at radius 1 is 1.14 bits per heavy atom. The number of carbonyl (C=O) groups excluding carboxylic acids is 1. The van der Waals surface area contributed by atoms with Crippen LogP contribution >= 0.6 is 11.3 Å². The molecule has 1 aliphatic heterocycles. The third-order valence-corrected chi connectivity index (χ3v) is 7.94. The molecule has 152 valence electrons. The van der Waals surface area contributed by atoms with Crippen LogP contribution < -0.4 is 0 Å². The SMILES string of the molecule is CCCc1cc(C(=O)N2CCCN(S(=O)(=O)c3ccc(F)cc3)CC2)sc1C. The lowest BCUT2D eigenvalue weighted by Gasteiger charge is -2.21. The standard InChI is InChI=1S/C20H25FN2O3S2/c1-3-5-16-14-19(27-15(16)2)20(24)22-10-4-11-23(13-12-22)28(25,26)18-8-6-17(21)7-9-18/h6-9,14H,3-5,10-13H2,1-2H3. The van der Waals surface area contributed by atoms with Crippen LogP contribution in [-0.4, -0.2) is 49.7 Å². The van der Waals surface area contributed by atoms with Gasteiger partial charge in [0.1, 0.15) is 5.82 Å². The number of aryl methyl sites for hydroxylation is 2. The predicted octanol–water partition coefficient (Wildman–Crippen LogP) is 3.68. The summed E-state index contributed by atoms with van der Waals surface area (Å²) < 4.78 is 40.1. The smallest absolute Gasteiger partial charge is 0.263 e. The van der Waals surface area contributed by atoms with Crippen molar-refractivity contribution in [2.75, 3.05) is 26.2 Å². The summed E-state index contributed by atoms with van der Waals surface area (Å²) in [6.07, 6.45) is 2.56. The van der Waals surface area contributed by atoms with E-state index in [9.17, 15) is 17.6 Å². The highest BCUT2D eigenvalue weighted by molar-refractivity contribution is 7.89. The zero-order valence-electron chi connectivity index (χ0n) is 16.2. The van der Waals surface area contributed by atoms with Gasteiger partial charge in [0.15, 0.2) is 0 Å². The molecular weight excluding hydrogens is 399 g/mol. The van der Waals surface area contributed by atoms with Gasteiger partial charge in [-0.15, -0.1) is 11.3 Å². The van der Waals surface area contributed by atoms with E-state index in [1.807, 2.05) is 13.0 Å². The molecule has 2 aromatic rings. The third kappa shape index (κ3) is 4.45. The molecule has 0 N–H and O–H groups in total. The van der Waals surface area contributed by atoms with Gasteiger partial charge in [-0.1, -0.05) is 13.3 Å². The van der Waals surface area contributed by atoms with Crippen molar-refractivity contribution >= 4 is 27.3 Å². The third-order valence-electron chi connectivity index (χ3n) is 4.94. The molecule has 0 spiro atoms. The molecule has 8 heteroatoms. The number of nitrogens with zero attached hydrogens (tertiary/aromatic N) is 2. The monoisotopic (exact) mass is 424 g/mol. The van der Waals surface area contributed by atoms with E-state index < -0.39 is 15.8 Å². The molecule has 3 rings (SSSR count). The second-order valence-electron chi connectivity index (χ2n) is 6.95. The van der Waals surface area contributed by atoms with Crippen molar-refractivity contribution in [3.63, 3.8) is 0 Å². The molecule has 0 unspecified atom stereocenters. The average Bonchev–Trinajstić information content (AvgIpc) is 2.88. The minimum Gasteiger partial charge on any atom is -0.337 e. The lowest BCUT2D eigenvalue weighted by atomic mass is 10.1. The lowest BCUT2D eigenvalue weighted by Crippen LogP contribution is -2.37. The maximum Gasteiger partial charge on any atom is 0.263 e. The van der Waals surface area contributed by atoms with Gasteiger partial charge in [0.25, 0.3) is 5.91 Å². The zero-order valence-corrected chi connectivity index (χ0v) is 17.8. The van der Waals surface area contributed by atoms with Gasteiger partial charge in [0.2, 0.25) is 10.0 Å². The lowest BCUT2D eigenvalue weighted by molar-refractivity contribution is 0.0769. The first kappa shape index (κ1) is 21.0. The second kappa shape index (κ2) is 8.71. The predicted molar refractivity (Wildman–Crippen MR) is 109 cm³/mol. The molecule has 0 radical (unpaired) electrons. The van der Waals surface area contributed by atoms with Crippen molar-refractivity contribution in [1.29, 1.82) is 0 Å². The molecule has 1 aliphatic rings. The van der Waals surface area contributed by atoms with Crippen molar-refractivity contribution in [2.45, 2.75) is 38.0 Å². The van der Waals surface area contributed by atoms with E-state index in [-0.39, 0.29) is 17.3 Å². The molecule has 1 aromatic heterocycles. The molecule has 28 heavy (non-hydrogen) atoms. The first-order valence-corrected chi connectivity index (χ1v) is 11.7. The summed E-state index contributed by atoms with van der Waals surface area (Å²) >= 11 is 1.51. The van der Waals surface area contributed by atoms with Crippen LogP contribution in [0.5, 0.6) is 0 Å². The Balaban J connectivity index is 1.71. The van der Waals surface area contributed by atoms with Crippen LogP contribution in [0.1, 0.15) is 39.9 Å². The Bertz CT molecular complexity index is 939. The molecule has 1 amide bonds. The van der Waals surface area contributed by atoms with Crippen LogP contribution in [0.15, 0.2) is 35.2 Å². The second-order valence-corrected chi connectivity index (χ2v) is 10.1. The number of sulfonamides is 1. The van der Waals surface area contributed by atoms with Crippen LogP contribution in [0, 0.1) is 12.7 Å². The molecule has 0 saturated carbocycles. The molecule has 0 bridgehead atoms. The first-order valence-electron chi connectivity index (χ1n) is 9.47. The summed E-state index contributed by atoms with van der Waals surface area (Å²) in [4.78, 5) is 16.6. The number of halogens is 1. The number of hydrogen-bond donors (Lipinski definition) is 0. The molecule has 0 atom stereocenters. The molecule has 1 saturated heterocycles. The Morgan fingerprint density at radius 2 is 1.86 bits per heavy atom. The maximum absolute atomic E-state index is 13.1. The van der Waals surface area contributed by atoms with Gasteiger partial charge < -0.3 is 4.90 Å². The van der Waals surface area contributed by atoms with E-state index >= 15 is 0 Å². The highest BCUT2D eigenvalue weighted by atomic mass is 32.2. The van der Waals surface area contributed by atoms with E-state index in [0.29, 0.717) is 26.1 Å². The van der Waals surface area contributed by atoms with Crippen molar-refractivity contribution in [1.82, 2.24) is 9.21 Å². The summed E-state index contributed by atoms with van der Waals surface area (Å²) in [7, 11) is -3.69. The van der Waals surface area contributed by atoms with Gasteiger partial charge in [0, 0.05) is 31.1 Å². The quantitative estimate of drug-likeness (QED) is 0.736. The molecular formula is C20H25FN2O3S2. The van der Waals surface area contributed by atoms with Crippen molar-refractivity contribution in [3.05, 3.63) is 51.5 Å². The fraction of sp³-hybridized carbons (Fsp3) is 0.450. The number of carbonyl (C=O) groups is 1. The highest BCUT2D eigenvalue weighted by Gasteiger charge is 2.29. The van der Waals surface area contributed by atoms with E-state index in [1.54, 1.807) is 4.90 Å². The van der Waals surface area contributed by atoms with Gasteiger partial charge in [-0.25, -0.2) is 12.8 Å². The zero-order chi connectivity index (χ0) is 20.3. The summed E-state index contributed by atoms with van der Waals surface area (Å²) in [5.74, 6) is -0.503. The summed E-state index contributed by atoms with van der Waals surface area (Å²) in [5, 5.41) is 0. The molecule has 2 heterocycles. The van der Waals surface area contributed by atoms with Gasteiger partial charge in [-0.2, -0.15) is 4.31 Å². The molecule has 0 aliphatic carbocycles. The van der Waals surface area contributed by atoms with E-state index in [4.69, 9.17) is 0 Å². The maximum atomic E-state index is 13.1. The van der Waals surface area contributed by atoms with E-state index in [2.05, 4.69) is 6.92 Å². The number of benzene rings is 1. The van der Waals surface area contributed by atoms with Crippen LogP contribution in [-0.2, 0) is 16.4 Å². The van der Waals surface area contributed by atoms with Crippen molar-refractivity contribution in [2.24, 2.45) is 0 Å². The first-order chi connectivity index (χ1) is 13.3. The van der Waals surface area contributed by atoms with Crippen molar-refractivity contribution in [3.8, 4) is 0 Å². The number of hydrogen-bond acceptors (Lipinski definition) is 4. The minimum absolute atomic E-state index is 0.0310. The summed E-state index contributed by atoms with van der Waals surface area (Å²) in [6.45, 7) is 5.59. The average molecular weight is 425 g/mol. The molecule has 5 nitrogen and oxygen atoms in total. The minimum atomic E-state index is -3.69. The van der Waals surface area contributed by atoms with E-state index in [1.165, 1.54) is 38.2 Å². The van der Waals surface area contributed by atoms with Crippen LogP contribution in [0.2, 0.25) is 0 Å². The van der Waals surface area contributed by atoms with Gasteiger partial charge in [-0.3, -0.25) is 4.79 Å². The molecule has 1 fully saturated rings. The largest absolute Gasteiger partial charge is 0.337 e. The van der Waals surface area contributed by atoms with Crippen molar-refractivity contribution < 1.29 is 17.6 Å². The van der Waals surface area contributed by atoms with E-state index in [0.717, 1.165) is 29.9 Å². The molecule has 1 aromatic carbocycles. The fourth-order valence-corrected chi connectivity index (χ4v) is 5.90. The summed E-state index contributed by atoms with van der Waals surface area (Å²) in [6, 6.07) is 6.83. The van der Waals surface area contributed by atoms with Gasteiger partial charge in [0.05, 0.1) is 9.77 Å². The number of amides is 1. The van der Waals surface area contributed by atoms with Crippen LogP contribution in [0.4, 0.5) is 4.39 Å². The highest BCUT2D eigenvalue weighted by Crippen LogP contribution is 2.25. The Hall–Kier alpha value is -1.77. The van der Waals surface area contributed by atoms with Gasteiger partial charge >= 0.3 is 0 Å². The Labute approximate surface area is 169 Å².